The zero-order valence-electron chi connectivity index (χ0n) is 8.77. The fourth-order valence-corrected chi connectivity index (χ4v) is 1.06. The van der Waals surface area contributed by atoms with E-state index in [9.17, 15) is 10.1 Å². The maximum Gasteiger partial charge on any atom is 0.269 e. The van der Waals surface area contributed by atoms with Crippen LogP contribution in [0.3, 0.4) is 0 Å². The summed E-state index contributed by atoms with van der Waals surface area (Å²) in [5.41, 5.74) is 1.20. The molecule has 1 N–H and O–H groups in total. The number of nitrogens with zero attached hydrogens (tertiary/aromatic N) is 1. The Morgan fingerprint density at radius 2 is 1.87 bits per heavy atom. The number of nitro benzene ring substituents is 1. The van der Waals surface area contributed by atoms with Gasteiger partial charge in [-0.2, -0.15) is 0 Å². The summed E-state index contributed by atoms with van der Waals surface area (Å²) in [6.07, 6.45) is 0. The van der Waals surface area contributed by atoms with Crippen molar-refractivity contribution in [2.24, 2.45) is 0 Å². The maximum atomic E-state index is 10.4. The first kappa shape index (κ1) is 13.9. The molecule has 0 aromatic heterocycles. The first-order valence-electron chi connectivity index (χ1n) is 4.56. The van der Waals surface area contributed by atoms with E-state index >= 15 is 0 Å². The lowest BCUT2D eigenvalue weighted by Crippen LogP contribution is -2.21. The van der Waals surface area contributed by atoms with Crippen molar-refractivity contribution in [3.8, 4) is 0 Å². The van der Waals surface area contributed by atoms with Crippen molar-refractivity contribution in [1.82, 2.24) is 5.32 Å². The molecule has 84 valence electrons. The van der Waals surface area contributed by atoms with Gasteiger partial charge in [0.1, 0.15) is 0 Å². The molecule has 0 aliphatic rings. The van der Waals surface area contributed by atoms with Crippen molar-refractivity contribution in [1.29, 1.82) is 0 Å². The minimum Gasteiger partial charge on any atom is -0.310 e. The van der Waals surface area contributed by atoms with Crippen LogP contribution in [0.15, 0.2) is 24.3 Å². The third-order valence-corrected chi connectivity index (χ3v) is 1.86. The second-order valence-corrected chi connectivity index (χ2v) is 3.46. The van der Waals surface area contributed by atoms with Crippen LogP contribution in [0.25, 0.3) is 0 Å². The largest absolute Gasteiger partial charge is 0.310 e. The van der Waals surface area contributed by atoms with E-state index in [1.807, 2.05) is 0 Å². The van der Waals surface area contributed by atoms with Crippen LogP contribution < -0.4 is 5.32 Å². The summed E-state index contributed by atoms with van der Waals surface area (Å²) < 4.78 is 0. The molecule has 4 nitrogen and oxygen atoms in total. The number of non-ortho nitro benzene ring substituents is 1. The molecule has 0 saturated heterocycles. The van der Waals surface area contributed by atoms with Gasteiger partial charge in [-0.25, -0.2) is 0 Å². The Bertz CT molecular complexity index is 312. The molecular formula is C10H15ClN2O2. The van der Waals surface area contributed by atoms with Crippen molar-refractivity contribution in [2.75, 3.05) is 0 Å². The van der Waals surface area contributed by atoms with E-state index < -0.39 is 0 Å². The topological polar surface area (TPSA) is 55.2 Å². The van der Waals surface area contributed by atoms with Crippen LogP contribution in [0.2, 0.25) is 0 Å². The molecule has 1 aromatic rings. The molecule has 0 fully saturated rings. The van der Waals surface area contributed by atoms with Crippen molar-refractivity contribution in [2.45, 2.75) is 26.4 Å². The first-order chi connectivity index (χ1) is 6.59. The van der Waals surface area contributed by atoms with Crippen molar-refractivity contribution in [3.63, 3.8) is 0 Å². The fraction of sp³-hybridized carbons (Fsp3) is 0.400. The van der Waals surface area contributed by atoms with Gasteiger partial charge in [0.2, 0.25) is 0 Å². The Kier molecular flexibility index (Phi) is 5.89. The molecule has 0 spiro atoms. The Hall–Kier alpha value is -1.13. The molecule has 0 bridgehead atoms. The third kappa shape index (κ3) is 4.76. The highest BCUT2D eigenvalue weighted by Crippen LogP contribution is 2.11. The number of halogens is 1. The van der Waals surface area contributed by atoms with Gasteiger partial charge in [-0.3, -0.25) is 10.1 Å². The second kappa shape index (κ2) is 6.37. The SMILES string of the molecule is CC(C)NCc1ccc([N+](=O)[O-])cc1.Cl. The van der Waals surface area contributed by atoms with Crippen molar-refractivity contribution < 1.29 is 4.92 Å². The second-order valence-electron chi connectivity index (χ2n) is 3.46. The molecule has 0 aliphatic heterocycles. The van der Waals surface area contributed by atoms with Gasteiger partial charge in [-0.1, -0.05) is 26.0 Å². The van der Waals surface area contributed by atoms with Gasteiger partial charge in [0.25, 0.3) is 5.69 Å². The average Bonchev–Trinajstić information content (AvgIpc) is 2.15. The van der Waals surface area contributed by atoms with Crippen molar-refractivity contribution >= 4 is 18.1 Å². The predicted octanol–water partition coefficient (Wildman–Crippen LogP) is 2.51. The fourth-order valence-electron chi connectivity index (χ4n) is 1.06. The molecule has 15 heavy (non-hydrogen) atoms. The molecule has 0 heterocycles. The lowest BCUT2D eigenvalue weighted by Gasteiger charge is -2.07. The molecule has 0 saturated carbocycles. The zero-order valence-corrected chi connectivity index (χ0v) is 9.58. The summed E-state index contributed by atoms with van der Waals surface area (Å²) >= 11 is 0. The number of nitro groups is 1. The van der Waals surface area contributed by atoms with Gasteiger partial charge in [0, 0.05) is 24.7 Å². The van der Waals surface area contributed by atoms with E-state index in [0.29, 0.717) is 6.04 Å². The Morgan fingerprint density at radius 1 is 1.33 bits per heavy atom. The molecule has 1 rings (SSSR count). The molecule has 5 heteroatoms. The lowest BCUT2D eigenvalue weighted by molar-refractivity contribution is -0.384. The van der Waals surface area contributed by atoms with Crippen LogP contribution in [-0.2, 0) is 6.54 Å². The quantitative estimate of drug-likeness (QED) is 0.639. The smallest absolute Gasteiger partial charge is 0.269 e. The van der Waals surface area contributed by atoms with Gasteiger partial charge >= 0.3 is 0 Å². The van der Waals surface area contributed by atoms with Gasteiger partial charge in [0.15, 0.2) is 0 Å². The molecule has 0 unspecified atom stereocenters. The molecular weight excluding hydrogens is 216 g/mol. The highest BCUT2D eigenvalue weighted by atomic mass is 35.5. The van der Waals surface area contributed by atoms with E-state index in [4.69, 9.17) is 0 Å². The van der Waals surface area contributed by atoms with Crippen LogP contribution in [0, 0.1) is 10.1 Å². The lowest BCUT2D eigenvalue weighted by atomic mass is 10.2. The van der Waals surface area contributed by atoms with Crippen LogP contribution in [0.1, 0.15) is 19.4 Å². The third-order valence-electron chi connectivity index (χ3n) is 1.86. The van der Waals surface area contributed by atoms with Gasteiger partial charge in [-0.15, -0.1) is 12.4 Å². The van der Waals surface area contributed by atoms with Crippen LogP contribution in [0.5, 0.6) is 0 Å². The highest BCUT2D eigenvalue weighted by molar-refractivity contribution is 5.85. The van der Waals surface area contributed by atoms with Gasteiger partial charge in [0.05, 0.1) is 4.92 Å². The van der Waals surface area contributed by atoms with Crippen LogP contribution >= 0.6 is 12.4 Å². The number of rotatable bonds is 4. The van der Waals surface area contributed by atoms with Crippen LogP contribution in [0.4, 0.5) is 5.69 Å². The Morgan fingerprint density at radius 3 is 2.27 bits per heavy atom. The summed E-state index contributed by atoms with van der Waals surface area (Å²) in [4.78, 5) is 9.98. The van der Waals surface area contributed by atoms with Gasteiger partial charge < -0.3 is 5.32 Å². The minimum absolute atomic E-state index is 0. The van der Waals surface area contributed by atoms with Gasteiger partial charge in [-0.05, 0) is 5.56 Å². The molecule has 1 aromatic carbocycles. The highest BCUT2D eigenvalue weighted by Gasteiger charge is 2.03. The zero-order chi connectivity index (χ0) is 10.6. The van der Waals surface area contributed by atoms with Crippen LogP contribution in [-0.4, -0.2) is 11.0 Å². The first-order valence-corrected chi connectivity index (χ1v) is 4.56. The van der Waals surface area contributed by atoms with E-state index in [2.05, 4.69) is 19.2 Å². The Labute approximate surface area is 95.2 Å². The number of nitrogens with one attached hydrogen (secondary N) is 1. The summed E-state index contributed by atoms with van der Waals surface area (Å²) in [6, 6.07) is 7.01. The minimum atomic E-state index is -0.389. The summed E-state index contributed by atoms with van der Waals surface area (Å²) in [5.74, 6) is 0. The number of hydrogen-bond acceptors (Lipinski definition) is 3. The molecule has 0 atom stereocenters. The summed E-state index contributed by atoms with van der Waals surface area (Å²) in [5, 5.41) is 13.6. The number of hydrogen-bond donors (Lipinski definition) is 1. The molecule has 0 amide bonds. The standard InChI is InChI=1S/C10H14N2O2.ClH/c1-8(2)11-7-9-3-5-10(6-4-9)12(13)14;/h3-6,8,11H,7H2,1-2H3;1H. The number of benzene rings is 1. The van der Waals surface area contributed by atoms with E-state index in [1.54, 1.807) is 12.1 Å². The van der Waals surface area contributed by atoms with Crippen molar-refractivity contribution in [3.05, 3.63) is 39.9 Å². The van der Waals surface area contributed by atoms with E-state index in [1.165, 1.54) is 12.1 Å². The Balaban J connectivity index is 0.00000196. The van der Waals surface area contributed by atoms with E-state index in [0.717, 1.165) is 12.1 Å². The van der Waals surface area contributed by atoms with E-state index in [-0.39, 0.29) is 23.0 Å². The summed E-state index contributed by atoms with van der Waals surface area (Å²) in [7, 11) is 0. The summed E-state index contributed by atoms with van der Waals surface area (Å²) in [6.45, 7) is 4.87. The monoisotopic (exact) mass is 230 g/mol. The normalized spacial score (nSPS) is 9.80. The molecule has 0 radical (unpaired) electrons. The average molecular weight is 231 g/mol. The molecule has 0 aliphatic carbocycles. The predicted molar refractivity (Wildman–Crippen MR) is 62.3 cm³/mol. The maximum absolute atomic E-state index is 10.4.